The zero-order chi connectivity index (χ0) is 15.9. The van der Waals surface area contributed by atoms with Gasteiger partial charge in [0.05, 0.1) is 17.6 Å². The molecule has 22 heavy (non-hydrogen) atoms. The Bertz CT molecular complexity index is 925. The lowest BCUT2D eigenvalue weighted by molar-refractivity contribution is 0.492. The van der Waals surface area contributed by atoms with Crippen LogP contribution in [0, 0.1) is 35.7 Å². The summed E-state index contributed by atoms with van der Waals surface area (Å²) in [4.78, 5) is 4.05. The minimum atomic E-state index is -0.983. The second-order valence-corrected chi connectivity index (χ2v) is 4.76. The lowest BCUT2D eigenvalue weighted by Gasteiger charge is -2.05. The average molecular weight is 302 g/mol. The fraction of sp³-hybridized carbons (Fsp3) is 0.133. The quantitative estimate of drug-likeness (QED) is 0.731. The smallest absolute Gasteiger partial charge is 0.172 e. The highest BCUT2D eigenvalue weighted by Crippen LogP contribution is 2.21. The zero-order valence-corrected chi connectivity index (χ0v) is 11.4. The first-order chi connectivity index (χ1) is 10.5. The van der Waals surface area contributed by atoms with E-state index in [1.54, 1.807) is 0 Å². The number of fused-ring (bicyclic) bond motifs is 1. The normalized spacial score (nSPS) is 10.9. The summed E-state index contributed by atoms with van der Waals surface area (Å²) < 4.78 is 41.9. The highest BCUT2D eigenvalue weighted by molar-refractivity contribution is 5.81. The van der Waals surface area contributed by atoms with Gasteiger partial charge in [0.1, 0.15) is 11.9 Å². The first kappa shape index (κ1) is 14.1. The monoisotopic (exact) mass is 302 g/mol. The van der Waals surface area contributed by atoms with Crippen LogP contribution >= 0.6 is 0 Å². The summed E-state index contributed by atoms with van der Waals surface area (Å²) in [5.41, 5.74) is 0.438. The van der Waals surface area contributed by atoms with Crippen molar-refractivity contribution in [3.8, 4) is 6.07 Å². The van der Waals surface area contributed by atoms with Crippen molar-refractivity contribution in [3.05, 3.63) is 58.7 Å². The molecule has 7 heteroatoms. The molecule has 0 atom stereocenters. The molecular formula is C15H9F3N4. The van der Waals surface area contributed by atoms with E-state index in [9.17, 15) is 13.2 Å². The molecule has 0 aliphatic rings. The van der Waals surface area contributed by atoms with Crippen molar-refractivity contribution >= 4 is 11.0 Å². The van der Waals surface area contributed by atoms with Gasteiger partial charge in [0.25, 0.3) is 0 Å². The summed E-state index contributed by atoms with van der Waals surface area (Å²) in [6, 6.07) is 6.81. The van der Waals surface area contributed by atoms with Crippen molar-refractivity contribution in [2.75, 3.05) is 0 Å². The number of pyridine rings is 1. The van der Waals surface area contributed by atoms with Crippen LogP contribution in [0.25, 0.3) is 11.0 Å². The number of aromatic nitrogens is 3. The third kappa shape index (κ3) is 2.19. The fourth-order valence-electron chi connectivity index (χ4n) is 2.19. The molecule has 0 unspecified atom stereocenters. The van der Waals surface area contributed by atoms with Crippen LogP contribution in [0.1, 0.15) is 17.0 Å². The molecule has 110 valence electrons. The Hall–Kier alpha value is -2.88. The number of hydrogen-bond donors (Lipinski definition) is 0. The Morgan fingerprint density at radius 1 is 1.23 bits per heavy atom. The van der Waals surface area contributed by atoms with E-state index in [1.165, 1.54) is 29.8 Å². The molecular weight excluding hydrogens is 293 g/mol. The summed E-state index contributed by atoms with van der Waals surface area (Å²) >= 11 is 0. The number of halogens is 3. The molecule has 0 aliphatic heterocycles. The van der Waals surface area contributed by atoms with E-state index in [2.05, 4.69) is 10.1 Å². The molecule has 2 heterocycles. The van der Waals surface area contributed by atoms with Gasteiger partial charge < -0.3 is 0 Å². The first-order valence-electron chi connectivity index (χ1n) is 6.38. The van der Waals surface area contributed by atoms with E-state index in [1.807, 2.05) is 6.07 Å². The van der Waals surface area contributed by atoms with Crippen LogP contribution in [0.15, 0.2) is 24.3 Å². The molecule has 0 fully saturated rings. The zero-order valence-electron chi connectivity index (χ0n) is 11.4. The molecule has 0 N–H and O–H groups in total. The van der Waals surface area contributed by atoms with Gasteiger partial charge in [-0.2, -0.15) is 10.4 Å². The Labute approximate surface area is 123 Å². The molecule has 0 amide bonds. The largest absolute Gasteiger partial charge is 0.241 e. The lowest BCUT2D eigenvalue weighted by Crippen LogP contribution is -2.06. The topological polar surface area (TPSA) is 54.5 Å². The highest BCUT2D eigenvalue weighted by Gasteiger charge is 2.16. The minimum Gasteiger partial charge on any atom is -0.241 e. The number of nitriles is 1. The van der Waals surface area contributed by atoms with Gasteiger partial charge >= 0.3 is 0 Å². The van der Waals surface area contributed by atoms with Crippen LogP contribution in [-0.4, -0.2) is 14.8 Å². The third-order valence-corrected chi connectivity index (χ3v) is 3.31. The molecule has 0 saturated carbocycles. The van der Waals surface area contributed by atoms with Crippen LogP contribution in [-0.2, 0) is 6.54 Å². The maximum absolute atomic E-state index is 13.8. The fourth-order valence-corrected chi connectivity index (χ4v) is 2.19. The van der Waals surface area contributed by atoms with Crippen molar-refractivity contribution in [2.24, 2.45) is 0 Å². The van der Waals surface area contributed by atoms with E-state index in [4.69, 9.17) is 5.26 Å². The third-order valence-electron chi connectivity index (χ3n) is 3.31. The van der Waals surface area contributed by atoms with Gasteiger partial charge in [-0.05, 0) is 19.1 Å². The van der Waals surface area contributed by atoms with Crippen molar-refractivity contribution < 1.29 is 13.2 Å². The molecule has 4 nitrogen and oxygen atoms in total. The van der Waals surface area contributed by atoms with Crippen molar-refractivity contribution in [1.82, 2.24) is 14.8 Å². The van der Waals surface area contributed by atoms with Crippen LogP contribution in [0.5, 0.6) is 0 Å². The second kappa shape index (κ2) is 5.15. The molecule has 1 aromatic carbocycles. The van der Waals surface area contributed by atoms with Crippen LogP contribution in [0.3, 0.4) is 0 Å². The van der Waals surface area contributed by atoms with Gasteiger partial charge in [-0.25, -0.2) is 22.8 Å². The Morgan fingerprint density at radius 3 is 2.73 bits per heavy atom. The Morgan fingerprint density at radius 2 is 2.00 bits per heavy atom. The number of benzene rings is 1. The molecule has 0 spiro atoms. The number of rotatable bonds is 2. The van der Waals surface area contributed by atoms with E-state index < -0.39 is 17.5 Å². The van der Waals surface area contributed by atoms with Gasteiger partial charge in [0.2, 0.25) is 0 Å². The predicted molar refractivity (Wildman–Crippen MR) is 72.4 cm³/mol. The Balaban J connectivity index is 2.17. The summed E-state index contributed by atoms with van der Waals surface area (Å²) in [5.74, 6) is -2.51. The molecule has 0 radical (unpaired) electrons. The van der Waals surface area contributed by atoms with Crippen molar-refractivity contribution in [2.45, 2.75) is 13.5 Å². The Kier molecular flexibility index (Phi) is 3.29. The van der Waals surface area contributed by atoms with Crippen molar-refractivity contribution in [1.29, 1.82) is 5.26 Å². The molecule has 3 rings (SSSR count). The molecule has 2 aromatic heterocycles. The minimum absolute atomic E-state index is 0.0155. The van der Waals surface area contributed by atoms with E-state index in [0.29, 0.717) is 0 Å². The van der Waals surface area contributed by atoms with Crippen molar-refractivity contribution in [3.63, 3.8) is 0 Å². The average Bonchev–Trinajstić information content (AvgIpc) is 2.82. The molecule has 0 aliphatic carbocycles. The van der Waals surface area contributed by atoms with Gasteiger partial charge in [0, 0.05) is 5.56 Å². The summed E-state index contributed by atoms with van der Waals surface area (Å²) in [7, 11) is 0. The van der Waals surface area contributed by atoms with E-state index >= 15 is 0 Å². The number of hydrogen-bond acceptors (Lipinski definition) is 3. The van der Waals surface area contributed by atoms with Gasteiger partial charge in [-0.15, -0.1) is 0 Å². The van der Waals surface area contributed by atoms with E-state index in [-0.39, 0.29) is 34.5 Å². The van der Waals surface area contributed by atoms with Crippen LogP contribution in [0.4, 0.5) is 13.2 Å². The van der Waals surface area contributed by atoms with Gasteiger partial charge in [0.15, 0.2) is 23.0 Å². The SMILES string of the molecule is Cc1nc2c(cc1F)c(C#N)nn2Cc1cccc(F)c1F. The van der Waals surface area contributed by atoms with Gasteiger partial charge in [-0.3, -0.25) is 0 Å². The number of nitrogens with zero attached hydrogens (tertiary/aromatic N) is 4. The van der Waals surface area contributed by atoms with E-state index in [0.717, 1.165) is 6.07 Å². The molecule has 0 saturated heterocycles. The standard InChI is InChI=1S/C15H9F3N4/c1-8-12(17)5-10-13(6-19)21-22(15(10)20-8)7-9-3-2-4-11(16)14(9)18/h2-5H,7H2,1H3. The number of aryl methyl sites for hydroxylation is 1. The van der Waals surface area contributed by atoms with Crippen LogP contribution < -0.4 is 0 Å². The first-order valence-corrected chi connectivity index (χ1v) is 6.38. The lowest BCUT2D eigenvalue weighted by atomic mass is 10.2. The maximum atomic E-state index is 13.8. The molecule has 0 bridgehead atoms. The maximum Gasteiger partial charge on any atom is 0.172 e. The van der Waals surface area contributed by atoms with Crippen LogP contribution in [0.2, 0.25) is 0 Å². The summed E-state index contributed by atoms with van der Waals surface area (Å²) in [6.07, 6.45) is 0. The summed E-state index contributed by atoms with van der Waals surface area (Å²) in [5, 5.41) is 13.3. The highest BCUT2D eigenvalue weighted by atomic mass is 19.2. The second-order valence-electron chi connectivity index (χ2n) is 4.76. The predicted octanol–water partition coefficient (Wildman–Crippen LogP) is 3.08. The molecule has 3 aromatic rings. The van der Waals surface area contributed by atoms with Gasteiger partial charge in [-0.1, -0.05) is 12.1 Å². The summed E-state index contributed by atoms with van der Waals surface area (Å²) in [6.45, 7) is 1.36.